The summed E-state index contributed by atoms with van der Waals surface area (Å²) in [5.41, 5.74) is 2.73. The van der Waals surface area contributed by atoms with Crippen molar-refractivity contribution in [1.29, 1.82) is 0 Å². The first-order chi connectivity index (χ1) is 8.53. The van der Waals surface area contributed by atoms with E-state index in [1.54, 1.807) is 6.07 Å². The Hall–Kier alpha value is -1.52. The second kappa shape index (κ2) is 4.00. The van der Waals surface area contributed by atoms with E-state index in [0.29, 0.717) is 5.56 Å². The third-order valence-corrected chi connectivity index (χ3v) is 3.92. The van der Waals surface area contributed by atoms with E-state index in [-0.39, 0.29) is 5.75 Å². The molecule has 5 heteroatoms. The van der Waals surface area contributed by atoms with Gasteiger partial charge in [0, 0.05) is 32.5 Å². The second-order valence-electron chi connectivity index (χ2n) is 4.23. The van der Waals surface area contributed by atoms with Crippen LogP contribution in [0, 0.1) is 0 Å². The fraction of sp³-hybridized carbons (Fsp3) is 0.0769. The van der Waals surface area contributed by atoms with Crippen LogP contribution in [0.2, 0.25) is 0 Å². The number of benzene rings is 2. The van der Waals surface area contributed by atoms with Gasteiger partial charge >= 0.3 is 0 Å². The summed E-state index contributed by atoms with van der Waals surface area (Å²) in [5.74, 6) is -0.149. The van der Waals surface area contributed by atoms with Crippen molar-refractivity contribution >= 4 is 41.5 Å². The number of aromatic amines is 1. The molecular weight excluding hydrogens is 270 g/mol. The minimum absolute atomic E-state index is 0.149. The van der Waals surface area contributed by atoms with Crippen molar-refractivity contribution in [3.05, 3.63) is 48.0 Å². The van der Waals surface area contributed by atoms with E-state index in [2.05, 4.69) is 4.98 Å². The Labute approximate surface area is 109 Å². The molecule has 1 N–H and O–H groups in total. The minimum Gasteiger partial charge on any atom is -0.355 e. The van der Waals surface area contributed by atoms with Crippen LogP contribution in [-0.2, 0) is 14.8 Å². The predicted octanol–water partition coefficient (Wildman–Crippen LogP) is 3.39. The van der Waals surface area contributed by atoms with Crippen LogP contribution in [0.1, 0.15) is 5.56 Å². The number of hydrogen-bond donors (Lipinski definition) is 1. The molecule has 1 heterocycles. The third kappa shape index (κ3) is 2.09. The van der Waals surface area contributed by atoms with Crippen LogP contribution in [0.5, 0.6) is 0 Å². The molecular formula is C13H10ClNO2S. The molecule has 92 valence electrons. The van der Waals surface area contributed by atoms with Crippen LogP contribution >= 0.6 is 10.7 Å². The lowest BCUT2D eigenvalue weighted by atomic mass is 10.1. The number of aromatic nitrogens is 1. The van der Waals surface area contributed by atoms with Crippen molar-refractivity contribution in [2.24, 2.45) is 0 Å². The zero-order chi connectivity index (χ0) is 12.8. The predicted molar refractivity (Wildman–Crippen MR) is 74.3 cm³/mol. The van der Waals surface area contributed by atoms with E-state index in [1.165, 1.54) is 0 Å². The second-order valence-corrected chi connectivity index (χ2v) is 7.01. The van der Waals surface area contributed by atoms with Crippen LogP contribution < -0.4 is 0 Å². The van der Waals surface area contributed by atoms with Crippen molar-refractivity contribution in [2.45, 2.75) is 5.75 Å². The van der Waals surface area contributed by atoms with Crippen LogP contribution in [0.3, 0.4) is 0 Å². The van der Waals surface area contributed by atoms with E-state index >= 15 is 0 Å². The lowest BCUT2D eigenvalue weighted by Crippen LogP contribution is -1.94. The van der Waals surface area contributed by atoms with E-state index in [9.17, 15) is 8.42 Å². The highest BCUT2D eigenvalue weighted by Crippen LogP contribution is 2.26. The van der Waals surface area contributed by atoms with Gasteiger partial charge in [-0.15, -0.1) is 0 Å². The molecule has 0 saturated heterocycles. The summed E-state index contributed by atoms with van der Waals surface area (Å²) in [4.78, 5) is 3.29. The molecule has 3 rings (SSSR count). The average Bonchev–Trinajstić information content (AvgIpc) is 2.65. The van der Waals surface area contributed by atoms with Gasteiger partial charge in [0.2, 0.25) is 9.05 Å². The Morgan fingerprint density at radius 2 is 1.72 bits per heavy atom. The lowest BCUT2D eigenvalue weighted by Gasteiger charge is -1.98. The SMILES string of the molecule is O=S(=O)(Cl)Cc1ccc2[nH]c3ccccc3c2c1. The molecule has 0 spiro atoms. The topological polar surface area (TPSA) is 49.9 Å². The van der Waals surface area contributed by atoms with Gasteiger partial charge in [0.05, 0.1) is 5.75 Å². The first-order valence-corrected chi connectivity index (χ1v) is 7.92. The quantitative estimate of drug-likeness (QED) is 0.731. The summed E-state index contributed by atoms with van der Waals surface area (Å²) in [7, 11) is 1.76. The van der Waals surface area contributed by atoms with E-state index < -0.39 is 9.05 Å². The van der Waals surface area contributed by atoms with E-state index in [4.69, 9.17) is 10.7 Å². The molecule has 3 nitrogen and oxygen atoms in total. The Kier molecular flexibility index (Phi) is 2.57. The largest absolute Gasteiger partial charge is 0.355 e. The molecule has 0 bridgehead atoms. The van der Waals surface area contributed by atoms with Gasteiger partial charge in [0.25, 0.3) is 0 Å². The Balaban J connectivity index is 2.24. The zero-order valence-corrected chi connectivity index (χ0v) is 10.9. The Bertz CT molecular complexity index is 836. The smallest absolute Gasteiger partial charge is 0.236 e. The van der Waals surface area contributed by atoms with Crippen LogP contribution in [-0.4, -0.2) is 13.4 Å². The number of rotatable bonds is 2. The highest BCUT2D eigenvalue weighted by molar-refractivity contribution is 8.13. The average molecular weight is 280 g/mol. The van der Waals surface area contributed by atoms with Crippen molar-refractivity contribution in [1.82, 2.24) is 4.98 Å². The molecule has 0 aliphatic heterocycles. The fourth-order valence-corrected chi connectivity index (χ4v) is 3.14. The van der Waals surface area contributed by atoms with Crippen molar-refractivity contribution in [3.8, 4) is 0 Å². The summed E-state index contributed by atoms with van der Waals surface area (Å²) in [6.45, 7) is 0. The van der Waals surface area contributed by atoms with Crippen LogP contribution in [0.25, 0.3) is 21.8 Å². The molecule has 0 amide bonds. The highest BCUT2D eigenvalue weighted by atomic mass is 35.7. The maximum Gasteiger partial charge on any atom is 0.236 e. The molecule has 0 atom stereocenters. The van der Waals surface area contributed by atoms with Gasteiger partial charge in [-0.2, -0.15) is 0 Å². The summed E-state index contributed by atoms with van der Waals surface area (Å²) < 4.78 is 22.2. The normalized spacial score (nSPS) is 12.3. The zero-order valence-electron chi connectivity index (χ0n) is 9.35. The molecule has 2 aromatic carbocycles. The van der Waals surface area contributed by atoms with E-state index in [0.717, 1.165) is 21.8 Å². The van der Waals surface area contributed by atoms with Gasteiger partial charge in [0.1, 0.15) is 0 Å². The lowest BCUT2D eigenvalue weighted by molar-refractivity contribution is 0.609. The molecule has 3 aromatic rings. The van der Waals surface area contributed by atoms with Crippen LogP contribution in [0.4, 0.5) is 0 Å². The molecule has 1 aromatic heterocycles. The van der Waals surface area contributed by atoms with Gasteiger partial charge in [-0.1, -0.05) is 24.3 Å². The summed E-state index contributed by atoms with van der Waals surface area (Å²) >= 11 is 0. The molecule has 0 aliphatic rings. The van der Waals surface area contributed by atoms with Gasteiger partial charge in [-0.25, -0.2) is 8.42 Å². The molecule has 0 aliphatic carbocycles. The Morgan fingerprint density at radius 3 is 2.50 bits per heavy atom. The molecule has 18 heavy (non-hydrogen) atoms. The standard InChI is InChI=1S/C13H10ClNO2S/c14-18(16,17)8-9-5-6-13-11(7-9)10-3-1-2-4-12(10)15-13/h1-7,15H,8H2. The first kappa shape index (κ1) is 11.6. The maximum atomic E-state index is 11.1. The third-order valence-electron chi connectivity index (χ3n) is 2.91. The van der Waals surface area contributed by atoms with Gasteiger partial charge in [-0.05, 0) is 23.8 Å². The summed E-state index contributed by atoms with van der Waals surface area (Å²) in [6, 6.07) is 13.4. The minimum atomic E-state index is -3.52. The number of fused-ring (bicyclic) bond motifs is 3. The van der Waals surface area contributed by atoms with E-state index in [1.807, 2.05) is 36.4 Å². The Morgan fingerprint density at radius 1 is 1.00 bits per heavy atom. The molecule has 0 saturated carbocycles. The molecule has 0 fully saturated rings. The fourth-order valence-electron chi connectivity index (χ4n) is 2.18. The number of para-hydroxylation sites is 1. The van der Waals surface area contributed by atoms with Crippen LogP contribution in [0.15, 0.2) is 42.5 Å². The summed E-state index contributed by atoms with van der Waals surface area (Å²) in [6.07, 6.45) is 0. The number of hydrogen-bond acceptors (Lipinski definition) is 2. The van der Waals surface area contributed by atoms with Gasteiger partial charge < -0.3 is 4.98 Å². The number of nitrogens with one attached hydrogen (secondary N) is 1. The summed E-state index contributed by atoms with van der Waals surface area (Å²) in [5, 5.41) is 2.10. The number of halogens is 1. The first-order valence-electron chi connectivity index (χ1n) is 5.45. The molecule has 0 unspecified atom stereocenters. The highest BCUT2D eigenvalue weighted by Gasteiger charge is 2.09. The van der Waals surface area contributed by atoms with Gasteiger partial charge in [0.15, 0.2) is 0 Å². The monoisotopic (exact) mass is 279 g/mol. The van der Waals surface area contributed by atoms with Crippen molar-refractivity contribution < 1.29 is 8.42 Å². The molecule has 0 radical (unpaired) electrons. The van der Waals surface area contributed by atoms with Gasteiger partial charge in [-0.3, -0.25) is 0 Å². The van der Waals surface area contributed by atoms with Crippen molar-refractivity contribution in [3.63, 3.8) is 0 Å². The number of H-pyrrole nitrogens is 1. The maximum absolute atomic E-state index is 11.1. The van der Waals surface area contributed by atoms with Crippen molar-refractivity contribution in [2.75, 3.05) is 0 Å².